The third-order valence-electron chi connectivity index (χ3n) is 4.24. The van der Waals surface area contributed by atoms with Crippen molar-refractivity contribution in [2.24, 2.45) is 0 Å². The number of aliphatic hydroxyl groups excluding tert-OH is 1. The minimum absolute atomic E-state index is 0.220. The Kier molecular flexibility index (Phi) is 3.91. The van der Waals surface area contributed by atoms with Gasteiger partial charge >= 0.3 is 0 Å². The lowest BCUT2D eigenvalue weighted by Crippen LogP contribution is -2.27. The zero-order valence-electron chi connectivity index (χ0n) is 12.9. The van der Waals surface area contributed by atoms with Gasteiger partial charge in [-0.25, -0.2) is 4.98 Å². The maximum Gasteiger partial charge on any atom is 0.222 e. The van der Waals surface area contributed by atoms with Crippen molar-refractivity contribution in [3.05, 3.63) is 41.0 Å². The van der Waals surface area contributed by atoms with Gasteiger partial charge in [0.05, 0.1) is 28.6 Å². The van der Waals surface area contributed by atoms with Crippen molar-refractivity contribution in [3.8, 4) is 10.6 Å². The number of hydrogen-bond donors (Lipinski definition) is 4. The lowest BCUT2D eigenvalue weighted by atomic mass is 9.80. The Bertz CT molecular complexity index is 825. The van der Waals surface area contributed by atoms with Crippen molar-refractivity contribution in [1.29, 1.82) is 0 Å². The van der Waals surface area contributed by atoms with Gasteiger partial charge in [0.1, 0.15) is 5.82 Å². The summed E-state index contributed by atoms with van der Waals surface area (Å²) in [6.45, 7) is 0.590. The number of thiophene rings is 1. The van der Waals surface area contributed by atoms with Crippen LogP contribution in [0.5, 0.6) is 0 Å². The lowest BCUT2D eigenvalue weighted by Gasteiger charge is -2.30. The number of hydrogen-bond acceptors (Lipinski definition) is 7. The van der Waals surface area contributed by atoms with E-state index in [0.717, 1.165) is 34.7 Å². The van der Waals surface area contributed by atoms with Crippen molar-refractivity contribution >= 4 is 23.1 Å². The fourth-order valence-electron chi connectivity index (χ4n) is 2.88. The second-order valence-corrected chi connectivity index (χ2v) is 6.91. The van der Waals surface area contributed by atoms with Crippen molar-refractivity contribution in [2.75, 3.05) is 11.1 Å². The standard InChI is InChI=1S/C16H18N6OS/c17-16-20-12(9-4-11(23)5-9)6-14(21-16)18-7-10-8-19-22-15(10)13-2-1-3-24-13/h1-3,6,8-9,11,23H,4-5,7H2,(H,19,22)(H3,17,18,20,21). The van der Waals surface area contributed by atoms with Crippen molar-refractivity contribution in [3.63, 3.8) is 0 Å². The third-order valence-corrected chi connectivity index (χ3v) is 5.13. The summed E-state index contributed by atoms with van der Waals surface area (Å²) in [6, 6.07) is 5.99. The van der Waals surface area contributed by atoms with Gasteiger partial charge in [-0.2, -0.15) is 10.1 Å². The minimum Gasteiger partial charge on any atom is -0.393 e. The van der Waals surface area contributed by atoms with Gasteiger partial charge in [-0.05, 0) is 24.3 Å². The number of H-pyrrole nitrogens is 1. The highest BCUT2D eigenvalue weighted by Gasteiger charge is 2.30. The Morgan fingerprint density at radius 2 is 2.25 bits per heavy atom. The molecule has 24 heavy (non-hydrogen) atoms. The first-order valence-electron chi connectivity index (χ1n) is 7.81. The molecule has 1 aliphatic rings. The molecule has 3 aromatic rings. The van der Waals surface area contributed by atoms with E-state index in [9.17, 15) is 5.11 Å². The average Bonchev–Trinajstić information content (AvgIpc) is 3.19. The van der Waals surface area contributed by atoms with Crippen LogP contribution in [0.15, 0.2) is 29.8 Å². The summed E-state index contributed by atoms with van der Waals surface area (Å²) < 4.78 is 0. The summed E-state index contributed by atoms with van der Waals surface area (Å²) in [4.78, 5) is 9.69. The second-order valence-electron chi connectivity index (χ2n) is 5.96. The van der Waals surface area contributed by atoms with Gasteiger partial charge < -0.3 is 16.2 Å². The van der Waals surface area contributed by atoms with Gasteiger partial charge in [-0.3, -0.25) is 5.10 Å². The zero-order valence-corrected chi connectivity index (χ0v) is 13.8. The van der Waals surface area contributed by atoms with Crippen LogP contribution >= 0.6 is 11.3 Å². The normalized spacial score (nSPS) is 19.9. The van der Waals surface area contributed by atoms with E-state index in [1.165, 1.54) is 0 Å². The highest BCUT2D eigenvalue weighted by molar-refractivity contribution is 7.13. The molecule has 0 radical (unpaired) electrons. The number of nitrogens with zero attached hydrogens (tertiary/aromatic N) is 3. The molecular formula is C16H18N6OS. The summed E-state index contributed by atoms with van der Waals surface area (Å²) in [7, 11) is 0. The molecule has 3 heterocycles. The summed E-state index contributed by atoms with van der Waals surface area (Å²) in [5.41, 5.74) is 8.80. The summed E-state index contributed by atoms with van der Waals surface area (Å²) in [5, 5.41) is 22.0. The molecule has 0 aliphatic heterocycles. The first-order valence-corrected chi connectivity index (χ1v) is 8.69. The first kappa shape index (κ1) is 15.1. The molecule has 4 rings (SSSR count). The van der Waals surface area contributed by atoms with E-state index in [0.29, 0.717) is 12.4 Å². The SMILES string of the molecule is Nc1nc(NCc2cn[nH]c2-c2cccs2)cc(C2CC(O)C2)n1. The highest BCUT2D eigenvalue weighted by atomic mass is 32.1. The Hall–Kier alpha value is -2.45. The molecule has 0 saturated heterocycles. The van der Waals surface area contributed by atoms with E-state index in [1.807, 2.05) is 23.7 Å². The van der Waals surface area contributed by atoms with Crippen LogP contribution in [-0.4, -0.2) is 31.4 Å². The predicted molar refractivity (Wildman–Crippen MR) is 93.7 cm³/mol. The predicted octanol–water partition coefficient (Wildman–Crippen LogP) is 2.36. The van der Waals surface area contributed by atoms with E-state index in [2.05, 4.69) is 31.5 Å². The Labute approximate surface area is 143 Å². The molecule has 0 atom stereocenters. The summed E-state index contributed by atoms with van der Waals surface area (Å²) >= 11 is 1.67. The van der Waals surface area contributed by atoms with Crippen LogP contribution in [0.3, 0.4) is 0 Å². The van der Waals surface area contributed by atoms with Crippen molar-refractivity contribution < 1.29 is 5.11 Å². The Balaban J connectivity index is 1.49. The van der Waals surface area contributed by atoms with Gasteiger partial charge in [0.15, 0.2) is 0 Å². The molecule has 1 saturated carbocycles. The number of aromatic nitrogens is 4. The first-order chi connectivity index (χ1) is 11.7. The molecule has 0 spiro atoms. The molecular weight excluding hydrogens is 324 g/mol. The third kappa shape index (κ3) is 2.98. The molecule has 5 N–H and O–H groups in total. The van der Waals surface area contributed by atoms with Crippen molar-refractivity contribution in [1.82, 2.24) is 20.2 Å². The Morgan fingerprint density at radius 1 is 1.38 bits per heavy atom. The van der Waals surface area contributed by atoms with Crippen LogP contribution < -0.4 is 11.1 Å². The number of anilines is 2. The number of nitrogens with one attached hydrogen (secondary N) is 2. The Morgan fingerprint density at radius 3 is 3.00 bits per heavy atom. The topological polar surface area (TPSA) is 113 Å². The quantitative estimate of drug-likeness (QED) is 0.566. The molecule has 1 aliphatic carbocycles. The maximum atomic E-state index is 9.47. The van der Waals surface area contributed by atoms with Gasteiger partial charge in [0.2, 0.25) is 5.95 Å². The van der Waals surface area contributed by atoms with Gasteiger partial charge in [-0.1, -0.05) is 6.07 Å². The fraction of sp³-hybridized carbons (Fsp3) is 0.312. The van der Waals surface area contributed by atoms with Crippen LogP contribution in [0.25, 0.3) is 10.6 Å². The monoisotopic (exact) mass is 342 g/mol. The molecule has 0 unspecified atom stereocenters. The fourth-order valence-corrected chi connectivity index (χ4v) is 3.63. The summed E-state index contributed by atoms with van der Waals surface area (Å²) in [5.74, 6) is 1.21. The van der Waals surface area contributed by atoms with E-state index < -0.39 is 0 Å². The van der Waals surface area contributed by atoms with Crippen LogP contribution in [-0.2, 0) is 6.54 Å². The number of rotatable bonds is 5. The van der Waals surface area contributed by atoms with Gasteiger partial charge in [0, 0.05) is 24.1 Å². The van der Waals surface area contributed by atoms with Crippen LogP contribution in [0, 0.1) is 0 Å². The molecule has 8 heteroatoms. The molecule has 0 amide bonds. The molecule has 1 fully saturated rings. The van der Waals surface area contributed by atoms with E-state index >= 15 is 0 Å². The second kappa shape index (κ2) is 6.21. The molecule has 0 bridgehead atoms. The van der Waals surface area contributed by atoms with Gasteiger partial charge in [0.25, 0.3) is 0 Å². The highest BCUT2D eigenvalue weighted by Crippen LogP contribution is 2.36. The largest absolute Gasteiger partial charge is 0.393 e. The number of nitrogen functional groups attached to an aromatic ring is 1. The van der Waals surface area contributed by atoms with Crippen LogP contribution in [0.1, 0.15) is 30.0 Å². The molecule has 124 valence electrons. The van der Waals surface area contributed by atoms with E-state index in [4.69, 9.17) is 5.73 Å². The molecule has 3 aromatic heterocycles. The van der Waals surface area contributed by atoms with Crippen molar-refractivity contribution in [2.45, 2.75) is 31.4 Å². The smallest absolute Gasteiger partial charge is 0.222 e. The van der Waals surface area contributed by atoms with Crippen LogP contribution in [0.2, 0.25) is 0 Å². The summed E-state index contributed by atoms with van der Waals surface area (Å²) in [6.07, 6.45) is 3.07. The average molecular weight is 342 g/mol. The maximum absolute atomic E-state index is 9.47. The number of aromatic amines is 1. The van der Waals surface area contributed by atoms with Crippen LogP contribution in [0.4, 0.5) is 11.8 Å². The molecule has 0 aromatic carbocycles. The molecule has 7 nitrogen and oxygen atoms in total. The van der Waals surface area contributed by atoms with Gasteiger partial charge in [-0.15, -0.1) is 11.3 Å². The lowest BCUT2D eigenvalue weighted by molar-refractivity contribution is 0.0732. The minimum atomic E-state index is -0.220. The zero-order chi connectivity index (χ0) is 16.5. The van der Waals surface area contributed by atoms with E-state index in [1.54, 1.807) is 11.3 Å². The number of nitrogens with two attached hydrogens (primary N) is 1. The number of aliphatic hydroxyl groups is 1. The van der Waals surface area contributed by atoms with E-state index in [-0.39, 0.29) is 18.0 Å².